The maximum Gasteiger partial charge on any atom is 0.337 e. The van der Waals surface area contributed by atoms with Crippen molar-refractivity contribution >= 4 is 16.0 Å². The summed E-state index contributed by atoms with van der Waals surface area (Å²) < 4.78 is 45.3. The lowest BCUT2D eigenvalue weighted by Gasteiger charge is -2.24. The molecule has 2 aromatic carbocycles. The third-order valence-electron chi connectivity index (χ3n) is 4.32. The van der Waals surface area contributed by atoms with Crippen LogP contribution in [0.2, 0.25) is 0 Å². The minimum Gasteiger partial charge on any atom is -0.465 e. The Balaban J connectivity index is 1.96. The largest absolute Gasteiger partial charge is 0.465 e. The van der Waals surface area contributed by atoms with Crippen LogP contribution in [0.1, 0.15) is 34.8 Å². The SMILES string of the molecule is COC(=O)c1cccc(S(=O)(=O)N2CCCC2c2ccc(F)cc2)c1. The molecule has 0 amide bonds. The molecule has 0 aromatic heterocycles. The van der Waals surface area contributed by atoms with Gasteiger partial charge in [0.05, 0.1) is 23.6 Å². The fourth-order valence-corrected chi connectivity index (χ4v) is 4.81. The molecule has 0 radical (unpaired) electrons. The first-order valence-electron chi connectivity index (χ1n) is 7.89. The summed E-state index contributed by atoms with van der Waals surface area (Å²) in [7, 11) is -2.53. The number of rotatable bonds is 4. The van der Waals surface area contributed by atoms with Crippen LogP contribution in [0.4, 0.5) is 4.39 Å². The van der Waals surface area contributed by atoms with Crippen LogP contribution in [-0.2, 0) is 14.8 Å². The van der Waals surface area contributed by atoms with Crippen LogP contribution in [0.15, 0.2) is 53.4 Å². The summed E-state index contributed by atoms with van der Waals surface area (Å²) in [6.07, 6.45) is 1.39. The fourth-order valence-electron chi connectivity index (χ4n) is 3.08. The number of halogens is 1. The Bertz CT molecular complexity index is 880. The van der Waals surface area contributed by atoms with Crippen molar-refractivity contribution < 1.29 is 22.3 Å². The quantitative estimate of drug-likeness (QED) is 0.783. The Morgan fingerprint density at radius 2 is 1.92 bits per heavy atom. The molecule has 0 spiro atoms. The highest BCUT2D eigenvalue weighted by atomic mass is 32.2. The predicted molar refractivity (Wildman–Crippen MR) is 90.0 cm³/mol. The Kier molecular flexibility index (Phi) is 4.87. The van der Waals surface area contributed by atoms with Gasteiger partial charge in [0, 0.05) is 6.54 Å². The van der Waals surface area contributed by atoms with Gasteiger partial charge in [-0.15, -0.1) is 0 Å². The number of benzene rings is 2. The molecule has 0 saturated carbocycles. The van der Waals surface area contributed by atoms with Crippen LogP contribution in [0.5, 0.6) is 0 Å². The molecular weight excluding hydrogens is 345 g/mol. The zero-order valence-corrected chi connectivity index (χ0v) is 14.5. The van der Waals surface area contributed by atoms with Crippen molar-refractivity contribution in [2.75, 3.05) is 13.7 Å². The number of ether oxygens (including phenoxy) is 1. The Labute approximate surface area is 146 Å². The van der Waals surface area contributed by atoms with Crippen molar-refractivity contribution in [3.63, 3.8) is 0 Å². The first-order valence-corrected chi connectivity index (χ1v) is 9.33. The molecule has 7 heteroatoms. The van der Waals surface area contributed by atoms with Crippen LogP contribution in [-0.4, -0.2) is 32.3 Å². The van der Waals surface area contributed by atoms with Crippen LogP contribution < -0.4 is 0 Å². The average Bonchev–Trinajstić information content (AvgIpc) is 3.12. The minimum atomic E-state index is -3.78. The van der Waals surface area contributed by atoms with Gasteiger partial charge in [0.2, 0.25) is 10.0 Å². The maximum atomic E-state index is 13.1. The third kappa shape index (κ3) is 3.43. The zero-order valence-electron chi connectivity index (χ0n) is 13.7. The average molecular weight is 363 g/mol. The number of methoxy groups -OCH3 is 1. The summed E-state index contributed by atoms with van der Waals surface area (Å²) in [6.45, 7) is 0.382. The van der Waals surface area contributed by atoms with E-state index >= 15 is 0 Å². The second kappa shape index (κ2) is 6.93. The molecule has 1 fully saturated rings. The molecule has 132 valence electrons. The van der Waals surface area contributed by atoms with Gasteiger partial charge < -0.3 is 4.74 Å². The van der Waals surface area contributed by atoms with Crippen molar-refractivity contribution in [1.82, 2.24) is 4.31 Å². The predicted octanol–water partition coefficient (Wildman–Crippen LogP) is 3.14. The van der Waals surface area contributed by atoms with E-state index in [1.54, 1.807) is 12.1 Å². The summed E-state index contributed by atoms with van der Waals surface area (Å²) in [5, 5.41) is 0. The second-order valence-corrected chi connectivity index (χ2v) is 7.74. The topological polar surface area (TPSA) is 63.7 Å². The van der Waals surface area contributed by atoms with Crippen LogP contribution in [0, 0.1) is 5.82 Å². The Hall–Kier alpha value is -2.25. The van der Waals surface area contributed by atoms with Gasteiger partial charge in [-0.05, 0) is 48.7 Å². The third-order valence-corrected chi connectivity index (χ3v) is 6.22. The normalized spacial score (nSPS) is 18.2. The smallest absolute Gasteiger partial charge is 0.337 e. The lowest BCUT2D eigenvalue weighted by molar-refractivity contribution is 0.0600. The van der Waals surface area contributed by atoms with E-state index in [1.807, 2.05) is 0 Å². The zero-order chi connectivity index (χ0) is 18.0. The lowest BCUT2D eigenvalue weighted by atomic mass is 10.1. The van der Waals surface area contributed by atoms with E-state index in [1.165, 1.54) is 47.8 Å². The van der Waals surface area contributed by atoms with Gasteiger partial charge in [0.1, 0.15) is 5.82 Å². The molecule has 5 nitrogen and oxygen atoms in total. The van der Waals surface area contributed by atoms with E-state index in [0.29, 0.717) is 13.0 Å². The van der Waals surface area contributed by atoms with Crippen LogP contribution in [0.3, 0.4) is 0 Å². The summed E-state index contributed by atoms with van der Waals surface area (Å²) in [6, 6.07) is 11.3. The van der Waals surface area contributed by atoms with Gasteiger partial charge in [-0.25, -0.2) is 17.6 Å². The van der Waals surface area contributed by atoms with Gasteiger partial charge in [0.25, 0.3) is 0 Å². The lowest BCUT2D eigenvalue weighted by Crippen LogP contribution is -2.30. The molecule has 25 heavy (non-hydrogen) atoms. The van der Waals surface area contributed by atoms with Gasteiger partial charge in [-0.2, -0.15) is 4.31 Å². The molecule has 2 aromatic rings. The number of esters is 1. The van der Waals surface area contributed by atoms with Gasteiger partial charge in [-0.3, -0.25) is 0 Å². The number of hydrogen-bond donors (Lipinski definition) is 0. The number of nitrogens with zero attached hydrogens (tertiary/aromatic N) is 1. The van der Waals surface area contributed by atoms with E-state index in [2.05, 4.69) is 4.74 Å². The number of carbonyl (C=O) groups excluding carboxylic acids is 1. The molecule has 0 bridgehead atoms. The van der Waals surface area contributed by atoms with Gasteiger partial charge in [0.15, 0.2) is 0 Å². The summed E-state index contributed by atoms with van der Waals surface area (Å²) in [5.74, 6) is -0.949. The van der Waals surface area contributed by atoms with Crippen LogP contribution >= 0.6 is 0 Å². The first-order chi connectivity index (χ1) is 11.9. The van der Waals surface area contributed by atoms with Gasteiger partial charge >= 0.3 is 5.97 Å². The van der Waals surface area contributed by atoms with Crippen molar-refractivity contribution in [3.8, 4) is 0 Å². The van der Waals surface area contributed by atoms with E-state index in [4.69, 9.17) is 0 Å². The molecular formula is C18H18FNO4S. The highest BCUT2D eigenvalue weighted by Gasteiger charge is 2.36. The summed E-state index contributed by atoms with van der Waals surface area (Å²) >= 11 is 0. The van der Waals surface area contributed by atoms with E-state index in [-0.39, 0.29) is 22.3 Å². The van der Waals surface area contributed by atoms with Crippen molar-refractivity contribution in [2.45, 2.75) is 23.8 Å². The molecule has 1 saturated heterocycles. The summed E-state index contributed by atoms with van der Waals surface area (Å²) in [5.41, 5.74) is 0.938. The first kappa shape index (κ1) is 17.6. The molecule has 0 aliphatic carbocycles. The van der Waals surface area contributed by atoms with Crippen molar-refractivity contribution in [1.29, 1.82) is 0 Å². The highest BCUT2D eigenvalue weighted by Crippen LogP contribution is 2.36. The molecule has 1 unspecified atom stereocenters. The van der Waals surface area contributed by atoms with E-state index in [9.17, 15) is 17.6 Å². The molecule has 1 atom stereocenters. The minimum absolute atomic E-state index is 0.0458. The maximum absolute atomic E-state index is 13.1. The molecule has 1 aliphatic heterocycles. The molecule has 1 heterocycles. The van der Waals surface area contributed by atoms with Crippen molar-refractivity contribution in [2.24, 2.45) is 0 Å². The molecule has 1 aliphatic rings. The Morgan fingerprint density at radius 1 is 1.20 bits per heavy atom. The molecule has 0 N–H and O–H groups in total. The monoisotopic (exact) mass is 363 g/mol. The fraction of sp³-hybridized carbons (Fsp3) is 0.278. The highest BCUT2D eigenvalue weighted by molar-refractivity contribution is 7.89. The van der Waals surface area contributed by atoms with E-state index in [0.717, 1.165) is 12.0 Å². The number of sulfonamides is 1. The number of carbonyl (C=O) groups is 1. The van der Waals surface area contributed by atoms with Crippen LogP contribution in [0.25, 0.3) is 0 Å². The van der Waals surface area contributed by atoms with Gasteiger partial charge in [-0.1, -0.05) is 18.2 Å². The second-order valence-electron chi connectivity index (χ2n) is 5.84. The number of hydrogen-bond acceptors (Lipinski definition) is 4. The summed E-state index contributed by atoms with van der Waals surface area (Å²) in [4.78, 5) is 11.7. The molecule has 3 rings (SSSR count). The van der Waals surface area contributed by atoms with E-state index < -0.39 is 16.0 Å². The Morgan fingerprint density at radius 3 is 2.60 bits per heavy atom. The van der Waals surface area contributed by atoms with Crippen molar-refractivity contribution in [3.05, 3.63) is 65.5 Å². The standard InChI is InChI=1S/C18H18FNO4S/c1-24-18(21)14-4-2-5-16(12-14)25(22,23)20-11-3-6-17(20)13-7-9-15(19)10-8-13/h2,4-5,7-10,12,17H,3,6,11H2,1H3.